The molecule has 0 saturated carbocycles. The summed E-state index contributed by atoms with van der Waals surface area (Å²) in [6, 6.07) is 10.0. The van der Waals surface area contributed by atoms with Crippen molar-refractivity contribution in [2.45, 2.75) is 18.4 Å². The molecule has 1 saturated heterocycles. The van der Waals surface area contributed by atoms with Crippen LogP contribution in [-0.4, -0.2) is 33.3 Å². The first kappa shape index (κ1) is 16.1. The lowest BCUT2D eigenvalue weighted by Gasteiger charge is -2.24. The molecule has 126 valence electrons. The predicted molar refractivity (Wildman–Crippen MR) is 101 cm³/mol. The van der Waals surface area contributed by atoms with Crippen LogP contribution < -0.4 is 15.0 Å². The summed E-state index contributed by atoms with van der Waals surface area (Å²) in [6.45, 7) is 1.98. The number of nitrogens with zero attached hydrogens (tertiary/aromatic N) is 1. The number of halogens is 2. The van der Waals surface area contributed by atoms with Crippen LogP contribution in [0.3, 0.4) is 0 Å². The molecule has 2 unspecified atom stereocenters. The number of hydrogen-bond acceptors (Lipinski definition) is 3. The Morgan fingerprint density at radius 1 is 1.17 bits per heavy atom. The molecule has 0 aliphatic carbocycles. The molecule has 0 aromatic heterocycles. The minimum Gasteiger partial charge on any atom is -0.487 e. The van der Waals surface area contributed by atoms with Gasteiger partial charge < -0.3 is 15.0 Å². The summed E-state index contributed by atoms with van der Waals surface area (Å²) in [7, 11) is 4.10. The normalized spacial score (nSPS) is 21.8. The Balaban J connectivity index is 1.87. The number of nitrogens with one attached hydrogen (secondary N) is 1. The molecule has 2 aromatic rings. The molecule has 1 fully saturated rings. The standard InChI is InChI=1S/C19H20Cl2N2O/c1-23(2)17-8-11(13-4-3-12(20)9-16(13)21)7-14-15-10-22-6-5-18(15)24-19(14)17/h3-4,7-9,15,18,22H,5-6,10H2,1-2H3. The Labute approximate surface area is 152 Å². The van der Waals surface area contributed by atoms with E-state index in [1.807, 2.05) is 26.2 Å². The lowest BCUT2D eigenvalue weighted by molar-refractivity contribution is 0.173. The van der Waals surface area contributed by atoms with E-state index in [-0.39, 0.29) is 6.10 Å². The summed E-state index contributed by atoms with van der Waals surface area (Å²) >= 11 is 12.5. The van der Waals surface area contributed by atoms with Crippen molar-refractivity contribution in [3.8, 4) is 16.9 Å². The Morgan fingerprint density at radius 2 is 2.00 bits per heavy atom. The Kier molecular flexibility index (Phi) is 4.11. The lowest BCUT2D eigenvalue weighted by Crippen LogP contribution is -2.37. The third kappa shape index (κ3) is 2.65. The molecule has 3 nitrogen and oxygen atoms in total. The van der Waals surface area contributed by atoms with Gasteiger partial charge in [-0.2, -0.15) is 0 Å². The van der Waals surface area contributed by atoms with E-state index in [4.69, 9.17) is 27.9 Å². The van der Waals surface area contributed by atoms with Crippen molar-refractivity contribution in [2.75, 3.05) is 32.1 Å². The second-order valence-electron chi connectivity index (χ2n) is 6.69. The average Bonchev–Trinajstić information content (AvgIpc) is 2.92. The van der Waals surface area contributed by atoms with E-state index < -0.39 is 0 Å². The summed E-state index contributed by atoms with van der Waals surface area (Å²) in [6.07, 6.45) is 1.32. The lowest BCUT2D eigenvalue weighted by atomic mass is 9.88. The molecule has 0 spiro atoms. The number of anilines is 1. The molecule has 5 heteroatoms. The van der Waals surface area contributed by atoms with Gasteiger partial charge in [-0.1, -0.05) is 29.3 Å². The molecule has 24 heavy (non-hydrogen) atoms. The smallest absolute Gasteiger partial charge is 0.146 e. The maximum absolute atomic E-state index is 6.44. The number of piperidine rings is 1. The van der Waals surface area contributed by atoms with Crippen LogP contribution in [0.5, 0.6) is 5.75 Å². The summed E-state index contributed by atoms with van der Waals surface area (Å²) in [5.74, 6) is 1.42. The maximum atomic E-state index is 6.44. The largest absolute Gasteiger partial charge is 0.487 e. The molecule has 0 bridgehead atoms. The van der Waals surface area contributed by atoms with E-state index in [1.165, 1.54) is 5.56 Å². The Hall–Kier alpha value is -1.42. The monoisotopic (exact) mass is 362 g/mol. The molecule has 2 aliphatic rings. The summed E-state index contributed by atoms with van der Waals surface area (Å²) in [5, 5.41) is 4.81. The number of hydrogen-bond donors (Lipinski definition) is 1. The second-order valence-corrected chi connectivity index (χ2v) is 7.53. The van der Waals surface area contributed by atoms with Gasteiger partial charge in [0, 0.05) is 47.7 Å². The van der Waals surface area contributed by atoms with Crippen molar-refractivity contribution in [1.29, 1.82) is 0 Å². The summed E-state index contributed by atoms with van der Waals surface area (Å²) < 4.78 is 6.31. The third-order valence-electron chi connectivity index (χ3n) is 4.91. The fourth-order valence-electron chi connectivity index (χ4n) is 3.69. The van der Waals surface area contributed by atoms with Crippen LogP contribution in [-0.2, 0) is 0 Å². The molecule has 0 amide bonds. The van der Waals surface area contributed by atoms with Crippen LogP contribution in [0.15, 0.2) is 30.3 Å². The highest BCUT2D eigenvalue weighted by Gasteiger charge is 2.38. The highest BCUT2D eigenvalue weighted by atomic mass is 35.5. The molecular weight excluding hydrogens is 343 g/mol. The van der Waals surface area contributed by atoms with Gasteiger partial charge in [-0.25, -0.2) is 0 Å². The molecule has 2 aromatic carbocycles. The highest BCUT2D eigenvalue weighted by molar-refractivity contribution is 6.36. The minimum absolute atomic E-state index is 0.274. The van der Waals surface area contributed by atoms with Crippen molar-refractivity contribution in [1.82, 2.24) is 5.32 Å². The summed E-state index contributed by atoms with van der Waals surface area (Å²) in [4.78, 5) is 2.11. The minimum atomic E-state index is 0.274. The topological polar surface area (TPSA) is 24.5 Å². The Bertz CT molecular complexity index is 791. The zero-order valence-corrected chi connectivity index (χ0v) is 15.3. The SMILES string of the molecule is CN(C)c1cc(-c2ccc(Cl)cc2Cl)cc2c1OC1CCNCC21. The van der Waals surface area contributed by atoms with Gasteiger partial charge in [0.1, 0.15) is 11.9 Å². The highest BCUT2D eigenvalue weighted by Crippen LogP contribution is 2.48. The Morgan fingerprint density at radius 3 is 2.75 bits per heavy atom. The molecule has 1 N–H and O–H groups in total. The fourth-order valence-corrected chi connectivity index (χ4v) is 4.21. The molecule has 4 rings (SSSR count). The number of ether oxygens (including phenoxy) is 1. The van der Waals surface area contributed by atoms with Crippen LogP contribution in [0.4, 0.5) is 5.69 Å². The molecular formula is C19H20Cl2N2O. The van der Waals surface area contributed by atoms with Gasteiger partial charge in [0.2, 0.25) is 0 Å². The fraction of sp³-hybridized carbons (Fsp3) is 0.368. The van der Waals surface area contributed by atoms with Crippen LogP contribution in [0.25, 0.3) is 11.1 Å². The van der Waals surface area contributed by atoms with Gasteiger partial charge >= 0.3 is 0 Å². The number of benzene rings is 2. The van der Waals surface area contributed by atoms with E-state index in [0.29, 0.717) is 16.0 Å². The van der Waals surface area contributed by atoms with E-state index in [0.717, 1.165) is 42.1 Å². The second kappa shape index (κ2) is 6.14. The maximum Gasteiger partial charge on any atom is 0.146 e. The summed E-state index contributed by atoms with van der Waals surface area (Å²) in [5.41, 5.74) is 4.48. The van der Waals surface area contributed by atoms with Crippen molar-refractivity contribution in [3.05, 3.63) is 45.9 Å². The zero-order chi connectivity index (χ0) is 16.8. The first-order chi connectivity index (χ1) is 11.5. The van der Waals surface area contributed by atoms with E-state index in [2.05, 4.69) is 22.3 Å². The zero-order valence-electron chi connectivity index (χ0n) is 13.8. The van der Waals surface area contributed by atoms with Crippen LogP contribution >= 0.6 is 23.2 Å². The predicted octanol–water partition coefficient (Wildman–Crippen LogP) is 4.56. The van der Waals surface area contributed by atoms with Crippen molar-refractivity contribution in [2.24, 2.45) is 0 Å². The van der Waals surface area contributed by atoms with E-state index in [9.17, 15) is 0 Å². The molecule has 2 atom stereocenters. The molecule has 2 aliphatic heterocycles. The molecule has 2 heterocycles. The van der Waals surface area contributed by atoms with E-state index in [1.54, 1.807) is 6.07 Å². The number of rotatable bonds is 2. The van der Waals surface area contributed by atoms with Crippen molar-refractivity contribution in [3.63, 3.8) is 0 Å². The van der Waals surface area contributed by atoms with Gasteiger partial charge in [0.25, 0.3) is 0 Å². The average molecular weight is 363 g/mol. The van der Waals surface area contributed by atoms with Crippen molar-refractivity contribution < 1.29 is 4.74 Å². The van der Waals surface area contributed by atoms with Gasteiger partial charge in [-0.3, -0.25) is 0 Å². The van der Waals surface area contributed by atoms with Gasteiger partial charge in [-0.15, -0.1) is 0 Å². The first-order valence-electron chi connectivity index (χ1n) is 8.22. The quantitative estimate of drug-likeness (QED) is 0.846. The van der Waals surface area contributed by atoms with Crippen LogP contribution in [0.2, 0.25) is 10.0 Å². The van der Waals surface area contributed by atoms with Crippen LogP contribution in [0.1, 0.15) is 17.9 Å². The molecule has 0 radical (unpaired) electrons. The number of fused-ring (bicyclic) bond motifs is 3. The third-order valence-corrected chi connectivity index (χ3v) is 5.46. The van der Waals surface area contributed by atoms with Gasteiger partial charge in [0.05, 0.1) is 5.69 Å². The first-order valence-corrected chi connectivity index (χ1v) is 8.98. The van der Waals surface area contributed by atoms with E-state index >= 15 is 0 Å². The van der Waals surface area contributed by atoms with Crippen LogP contribution in [0, 0.1) is 0 Å². The van der Waals surface area contributed by atoms with Crippen molar-refractivity contribution >= 4 is 28.9 Å². The van der Waals surface area contributed by atoms with Gasteiger partial charge in [-0.05, 0) is 42.8 Å². The van der Waals surface area contributed by atoms with Gasteiger partial charge in [0.15, 0.2) is 0 Å².